The molecule has 0 saturated carbocycles. The number of pyridine rings is 2. The molecule has 8 heteroatoms. The van der Waals surface area contributed by atoms with Gasteiger partial charge in [0.1, 0.15) is 16.5 Å². The van der Waals surface area contributed by atoms with Crippen LogP contribution in [0.3, 0.4) is 0 Å². The number of carbonyl (C=O) groups is 1. The van der Waals surface area contributed by atoms with Crippen LogP contribution in [0.5, 0.6) is 0 Å². The lowest BCUT2D eigenvalue weighted by molar-refractivity contribution is 0.0832. The van der Waals surface area contributed by atoms with Crippen LogP contribution in [-0.4, -0.2) is 61.0 Å². The average Bonchev–Trinajstić information content (AvgIpc) is 3.47. The Hall–Kier alpha value is -2.97. The second-order valence-corrected chi connectivity index (χ2v) is 9.51. The molecule has 0 spiro atoms. The van der Waals surface area contributed by atoms with Crippen molar-refractivity contribution >= 4 is 50.2 Å². The number of hydrogen-bond acceptors (Lipinski definition) is 7. The smallest absolute Gasteiger partial charge is 0.264 e. The van der Waals surface area contributed by atoms with Gasteiger partial charge in [-0.1, -0.05) is 6.08 Å². The molecule has 0 radical (unpaired) electrons. The molecule has 0 bridgehead atoms. The number of nitrogens with one attached hydrogen (secondary N) is 2. The zero-order chi connectivity index (χ0) is 22.1. The maximum atomic E-state index is 12.9. The van der Waals surface area contributed by atoms with Crippen molar-refractivity contribution in [2.45, 2.75) is 19.3 Å². The average molecular weight is 449 g/mol. The second kappa shape index (κ2) is 8.88. The van der Waals surface area contributed by atoms with E-state index < -0.39 is 0 Å². The molecule has 1 aliphatic heterocycles. The Morgan fingerprint density at radius 1 is 1.16 bits per heavy atom. The molecule has 1 aliphatic carbocycles. The van der Waals surface area contributed by atoms with Gasteiger partial charge in [0.25, 0.3) is 5.91 Å². The molecule has 2 aliphatic rings. The highest BCUT2D eigenvalue weighted by atomic mass is 32.1. The molecule has 32 heavy (non-hydrogen) atoms. The third-order valence-corrected chi connectivity index (χ3v) is 7.15. The number of thiophene rings is 1. The van der Waals surface area contributed by atoms with Crippen LogP contribution in [0.4, 0.5) is 17.3 Å². The van der Waals surface area contributed by atoms with Gasteiger partial charge in [0.15, 0.2) is 0 Å². The summed E-state index contributed by atoms with van der Waals surface area (Å²) in [5.74, 6) is 1.55. The number of hydrogen-bond donors (Lipinski definition) is 2. The van der Waals surface area contributed by atoms with Crippen molar-refractivity contribution in [1.29, 1.82) is 0 Å². The summed E-state index contributed by atoms with van der Waals surface area (Å²) in [7, 11) is 3.61. The minimum Gasteiger partial charge on any atom is -0.368 e. The van der Waals surface area contributed by atoms with Crippen LogP contribution in [0.2, 0.25) is 0 Å². The van der Waals surface area contributed by atoms with Crippen LogP contribution in [0.25, 0.3) is 15.7 Å². The second-order valence-electron chi connectivity index (χ2n) is 8.46. The Labute approximate surface area is 192 Å². The van der Waals surface area contributed by atoms with Gasteiger partial charge in [0, 0.05) is 57.4 Å². The molecule has 0 aromatic carbocycles. The largest absolute Gasteiger partial charge is 0.368 e. The molecule has 1 fully saturated rings. The summed E-state index contributed by atoms with van der Waals surface area (Å²) >= 11 is 1.53. The van der Waals surface area contributed by atoms with Gasteiger partial charge in [-0.3, -0.25) is 4.79 Å². The van der Waals surface area contributed by atoms with Crippen molar-refractivity contribution < 1.29 is 4.79 Å². The fourth-order valence-electron chi connectivity index (χ4n) is 4.34. The molecule has 4 heterocycles. The van der Waals surface area contributed by atoms with E-state index in [2.05, 4.69) is 43.7 Å². The first-order valence-corrected chi connectivity index (χ1v) is 11.9. The fraction of sp³-hybridized carbons (Fsp3) is 0.375. The number of aromatic nitrogens is 2. The molecule has 3 aromatic heterocycles. The van der Waals surface area contributed by atoms with Gasteiger partial charge in [-0.05, 0) is 43.0 Å². The predicted molar refractivity (Wildman–Crippen MR) is 132 cm³/mol. The Kier molecular flexibility index (Phi) is 5.80. The van der Waals surface area contributed by atoms with Crippen LogP contribution in [0.1, 0.15) is 34.5 Å². The topological polar surface area (TPSA) is 73.4 Å². The van der Waals surface area contributed by atoms with Gasteiger partial charge in [-0.15, -0.1) is 11.3 Å². The Morgan fingerprint density at radius 2 is 1.97 bits per heavy atom. The predicted octanol–water partition coefficient (Wildman–Crippen LogP) is 4.11. The Balaban J connectivity index is 1.45. The maximum absolute atomic E-state index is 12.9. The van der Waals surface area contributed by atoms with Gasteiger partial charge in [0.05, 0.1) is 16.6 Å². The summed E-state index contributed by atoms with van der Waals surface area (Å²) in [5.41, 5.74) is 3.49. The fourth-order valence-corrected chi connectivity index (χ4v) is 5.55. The van der Waals surface area contributed by atoms with E-state index >= 15 is 0 Å². The standard InChI is InChI=1S/C24H28N6OS/c1-29(2)24(31)23-22(16-5-3-4-6-16)18-13-21(27-15-19(18)32-23)28-20-8-7-17(14-26-20)30-11-9-25-10-12-30/h5,7-8,13-15,25H,3-4,6,9-12H2,1-2H3,(H,26,27,28). The zero-order valence-electron chi connectivity index (χ0n) is 18.5. The van der Waals surface area contributed by atoms with E-state index in [1.807, 2.05) is 18.5 Å². The highest BCUT2D eigenvalue weighted by molar-refractivity contribution is 7.21. The molecule has 1 amide bonds. The number of piperazine rings is 1. The van der Waals surface area contributed by atoms with E-state index in [0.717, 1.165) is 83.3 Å². The summed E-state index contributed by atoms with van der Waals surface area (Å²) < 4.78 is 1.03. The number of allylic oxidation sites excluding steroid dienone is 2. The van der Waals surface area contributed by atoms with Crippen molar-refractivity contribution in [3.8, 4) is 0 Å². The minimum atomic E-state index is 0.0497. The van der Waals surface area contributed by atoms with Gasteiger partial charge >= 0.3 is 0 Å². The normalized spacial score (nSPS) is 16.3. The highest BCUT2D eigenvalue weighted by Crippen LogP contribution is 2.41. The first kappa shape index (κ1) is 20.9. The van der Waals surface area contributed by atoms with Gasteiger partial charge in [-0.25, -0.2) is 9.97 Å². The van der Waals surface area contributed by atoms with Crippen molar-refractivity contribution in [3.05, 3.63) is 47.1 Å². The summed E-state index contributed by atoms with van der Waals surface area (Å²) in [6.45, 7) is 4.00. The Bertz CT molecular complexity index is 1160. The quantitative estimate of drug-likeness (QED) is 0.612. The molecular formula is C24H28N6OS. The molecule has 3 aromatic rings. The van der Waals surface area contributed by atoms with Crippen LogP contribution in [0.15, 0.2) is 36.7 Å². The van der Waals surface area contributed by atoms with Crippen LogP contribution >= 0.6 is 11.3 Å². The summed E-state index contributed by atoms with van der Waals surface area (Å²) in [4.78, 5) is 26.9. The number of carbonyl (C=O) groups excluding carboxylic acids is 1. The molecule has 166 valence electrons. The zero-order valence-corrected chi connectivity index (χ0v) is 19.3. The third-order valence-electron chi connectivity index (χ3n) is 6.02. The molecule has 0 unspecified atom stereocenters. The van der Waals surface area contributed by atoms with Gasteiger partial charge in [-0.2, -0.15) is 0 Å². The monoisotopic (exact) mass is 448 g/mol. The first-order valence-electron chi connectivity index (χ1n) is 11.1. The molecule has 7 nitrogen and oxygen atoms in total. The SMILES string of the molecule is CN(C)C(=O)c1sc2cnc(Nc3ccc(N4CCNCC4)cn3)cc2c1C1=CCCC1. The molecule has 0 atom stereocenters. The van der Waals surface area contributed by atoms with Gasteiger partial charge < -0.3 is 20.4 Å². The Morgan fingerprint density at radius 3 is 2.66 bits per heavy atom. The lowest BCUT2D eigenvalue weighted by atomic mass is 10.0. The summed E-state index contributed by atoms with van der Waals surface area (Å²) in [6, 6.07) is 6.16. The van der Waals surface area contributed by atoms with E-state index in [1.54, 1.807) is 19.0 Å². The summed E-state index contributed by atoms with van der Waals surface area (Å²) in [6.07, 6.45) is 9.28. The molecule has 5 rings (SSSR count). The van der Waals surface area contributed by atoms with Crippen molar-refractivity contribution in [2.24, 2.45) is 0 Å². The van der Waals surface area contributed by atoms with Crippen LogP contribution in [-0.2, 0) is 0 Å². The van der Waals surface area contributed by atoms with E-state index in [0.29, 0.717) is 0 Å². The van der Waals surface area contributed by atoms with Crippen molar-refractivity contribution in [3.63, 3.8) is 0 Å². The third kappa shape index (κ3) is 4.08. The maximum Gasteiger partial charge on any atom is 0.264 e. The van der Waals surface area contributed by atoms with Crippen LogP contribution < -0.4 is 15.5 Å². The number of amides is 1. The number of anilines is 3. The number of fused-ring (bicyclic) bond motifs is 1. The summed E-state index contributed by atoms with van der Waals surface area (Å²) in [5, 5.41) is 7.80. The van der Waals surface area contributed by atoms with E-state index in [4.69, 9.17) is 0 Å². The van der Waals surface area contributed by atoms with E-state index in [-0.39, 0.29) is 5.91 Å². The first-order chi connectivity index (χ1) is 15.6. The van der Waals surface area contributed by atoms with Crippen molar-refractivity contribution in [2.75, 3.05) is 50.5 Å². The minimum absolute atomic E-state index is 0.0497. The van der Waals surface area contributed by atoms with E-state index in [1.165, 1.54) is 16.9 Å². The lowest BCUT2D eigenvalue weighted by Gasteiger charge is -2.29. The highest BCUT2D eigenvalue weighted by Gasteiger charge is 2.24. The van der Waals surface area contributed by atoms with E-state index in [9.17, 15) is 4.79 Å². The molecule has 1 saturated heterocycles. The van der Waals surface area contributed by atoms with Crippen molar-refractivity contribution in [1.82, 2.24) is 20.2 Å². The van der Waals surface area contributed by atoms with Crippen LogP contribution in [0, 0.1) is 0 Å². The number of nitrogens with zero attached hydrogens (tertiary/aromatic N) is 4. The lowest BCUT2D eigenvalue weighted by Crippen LogP contribution is -2.43. The molecular weight excluding hydrogens is 420 g/mol. The van der Waals surface area contributed by atoms with Gasteiger partial charge in [0.2, 0.25) is 0 Å². The number of rotatable bonds is 5. The molecule has 2 N–H and O–H groups in total.